The Balaban J connectivity index is 2.09. The molecule has 1 fully saturated rings. The molecule has 2 N–H and O–H groups in total. The van der Waals surface area contributed by atoms with Gasteiger partial charge in [0, 0.05) is 18.5 Å². The number of anilines is 1. The lowest BCUT2D eigenvalue weighted by Crippen LogP contribution is -2.07. The minimum Gasteiger partial charge on any atom is -0.383 e. The van der Waals surface area contributed by atoms with E-state index < -0.39 is 0 Å². The summed E-state index contributed by atoms with van der Waals surface area (Å²) in [5, 5.41) is 4.75. The van der Waals surface area contributed by atoms with Crippen LogP contribution in [0.5, 0.6) is 0 Å². The number of nitrogens with zero attached hydrogens (tertiary/aromatic N) is 2. The van der Waals surface area contributed by atoms with Crippen LogP contribution in [0.25, 0.3) is 11.1 Å². The smallest absolute Gasteiger partial charge is 0.129 e. The van der Waals surface area contributed by atoms with Crippen LogP contribution in [0.4, 0.5) is 5.82 Å². The zero-order valence-corrected chi connectivity index (χ0v) is 13.3. The Morgan fingerprint density at radius 1 is 1.10 bits per heavy atom. The van der Waals surface area contributed by atoms with E-state index in [2.05, 4.69) is 32.0 Å². The number of hydrogen-bond donors (Lipinski definition) is 1. The highest BCUT2D eigenvalue weighted by Gasteiger charge is 2.25. The molecule has 0 radical (unpaired) electrons. The SMILES string of the molecule is Cc1ccc(-c2c(C3CCCCC3)nn(C)c2N)cc1C. The van der Waals surface area contributed by atoms with Crippen molar-refractivity contribution in [3.05, 3.63) is 35.0 Å². The van der Waals surface area contributed by atoms with Gasteiger partial charge in [-0.3, -0.25) is 4.68 Å². The van der Waals surface area contributed by atoms with Crippen LogP contribution >= 0.6 is 0 Å². The molecule has 3 rings (SSSR count). The van der Waals surface area contributed by atoms with Crippen LogP contribution < -0.4 is 5.73 Å². The van der Waals surface area contributed by atoms with E-state index in [0.717, 1.165) is 11.4 Å². The lowest BCUT2D eigenvalue weighted by molar-refractivity contribution is 0.434. The minimum atomic E-state index is 0.568. The van der Waals surface area contributed by atoms with Gasteiger partial charge in [-0.15, -0.1) is 0 Å². The molecule has 112 valence electrons. The maximum absolute atomic E-state index is 6.33. The van der Waals surface area contributed by atoms with Gasteiger partial charge in [0.05, 0.1) is 5.69 Å². The van der Waals surface area contributed by atoms with Crippen LogP contribution in [0.2, 0.25) is 0 Å². The summed E-state index contributed by atoms with van der Waals surface area (Å²) in [6.07, 6.45) is 6.47. The van der Waals surface area contributed by atoms with Crippen LogP contribution in [-0.2, 0) is 7.05 Å². The van der Waals surface area contributed by atoms with Crippen molar-refractivity contribution >= 4 is 5.82 Å². The normalized spacial score (nSPS) is 16.3. The molecule has 1 aromatic heterocycles. The predicted octanol–water partition coefficient (Wildman–Crippen LogP) is 4.33. The van der Waals surface area contributed by atoms with Gasteiger partial charge in [-0.05, 0) is 43.4 Å². The second-order valence-electron chi connectivity index (χ2n) is 6.40. The molecule has 1 aliphatic rings. The van der Waals surface area contributed by atoms with Crippen molar-refractivity contribution in [1.82, 2.24) is 9.78 Å². The van der Waals surface area contributed by atoms with Crippen molar-refractivity contribution in [3.8, 4) is 11.1 Å². The van der Waals surface area contributed by atoms with E-state index >= 15 is 0 Å². The Labute approximate surface area is 127 Å². The van der Waals surface area contributed by atoms with Gasteiger partial charge >= 0.3 is 0 Å². The molecule has 2 aromatic rings. The summed E-state index contributed by atoms with van der Waals surface area (Å²) in [4.78, 5) is 0. The fraction of sp³-hybridized carbons (Fsp3) is 0.500. The van der Waals surface area contributed by atoms with Gasteiger partial charge in [-0.2, -0.15) is 5.10 Å². The molecule has 0 unspecified atom stereocenters. The molecule has 3 heteroatoms. The zero-order valence-electron chi connectivity index (χ0n) is 13.3. The molecule has 1 heterocycles. The third-order valence-electron chi connectivity index (χ3n) is 4.91. The van der Waals surface area contributed by atoms with Gasteiger partial charge in [0.15, 0.2) is 0 Å². The number of nitrogen functional groups attached to an aromatic ring is 1. The number of hydrogen-bond acceptors (Lipinski definition) is 2. The van der Waals surface area contributed by atoms with Crippen molar-refractivity contribution in [2.75, 3.05) is 5.73 Å². The van der Waals surface area contributed by atoms with Gasteiger partial charge in [-0.25, -0.2) is 0 Å². The Bertz CT molecular complexity index is 649. The number of rotatable bonds is 2. The van der Waals surface area contributed by atoms with Crippen molar-refractivity contribution in [2.45, 2.75) is 51.9 Å². The molecule has 1 aromatic carbocycles. The average Bonchev–Trinajstić information content (AvgIpc) is 2.79. The molecular formula is C18H25N3. The van der Waals surface area contributed by atoms with Crippen molar-refractivity contribution < 1.29 is 0 Å². The van der Waals surface area contributed by atoms with Gasteiger partial charge in [-0.1, -0.05) is 37.5 Å². The highest BCUT2D eigenvalue weighted by Crippen LogP contribution is 2.40. The molecular weight excluding hydrogens is 258 g/mol. The second-order valence-corrected chi connectivity index (χ2v) is 6.40. The van der Waals surface area contributed by atoms with E-state index in [0.29, 0.717) is 5.92 Å². The molecule has 0 atom stereocenters. The predicted molar refractivity (Wildman–Crippen MR) is 88.4 cm³/mol. The number of benzene rings is 1. The highest BCUT2D eigenvalue weighted by atomic mass is 15.3. The number of aromatic nitrogens is 2. The molecule has 1 saturated carbocycles. The first-order valence-electron chi connectivity index (χ1n) is 7.98. The fourth-order valence-corrected chi connectivity index (χ4v) is 3.41. The van der Waals surface area contributed by atoms with E-state index in [9.17, 15) is 0 Å². The van der Waals surface area contributed by atoms with E-state index in [-0.39, 0.29) is 0 Å². The van der Waals surface area contributed by atoms with Crippen LogP contribution in [0.1, 0.15) is 54.8 Å². The lowest BCUT2D eigenvalue weighted by atomic mass is 9.84. The third-order valence-corrected chi connectivity index (χ3v) is 4.91. The Morgan fingerprint density at radius 3 is 2.48 bits per heavy atom. The molecule has 0 bridgehead atoms. The summed E-state index contributed by atoms with van der Waals surface area (Å²) in [7, 11) is 1.95. The molecule has 21 heavy (non-hydrogen) atoms. The van der Waals surface area contributed by atoms with Crippen LogP contribution in [-0.4, -0.2) is 9.78 Å². The zero-order chi connectivity index (χ0) is 15.0. The van der Waals surface area contributed by atoms with Gasteiger partial charge in [0.25, 0.3) is 0 Å². The first kappa shape index (κ1) is 14.2. The summed E-state index contributed by atoms with van der Waals surface area (Å²) in [6.45, 7) is 4.30. The van der Waals surface area contributed by atoms with Crippen molar-refractivity contribution in [3.63, 3.8) is 0 Å². The maximum Gasteiger partial charge on any atom is 0.129 e. The molecule has 1 aliphatic carbocycles. The second kappa shape index (κ2) is 5.55. The van der Waals surface area contributed by atoms with E-state index in [1.165, 1.54) is 54.5 Å². The Morgan fingerprint density at radius 2 is 1.81 bits per heavy atom. The van der Waals surface area contributed by atoms with Crippen LogP contribution in [0.3, 0.4) is 0 Å². The molecule has 0 amide bonds. The third kappa shape index (κ3) is 2.57. The average molecular weight is 283 g/mol. The lowest BCUT2D eigenvalue weighted by Gasteiger charge is -2.21. The minimum absolute atomic E-state index is 0.568. The van der Waals surface area contributed by atoms with E-state index in [1.807, 2.05) is 11.7 Å². The maximum atomic E-state index is 6.33. The highest BCUT2D eigenvalue weighted by molar-refractivity contribution is 5.77. The molecule has 0 saturated heterocycles. The van der Waals surface area contributed by atoms with Crippen molar-refractivity contribution in [2.24, 2.45) is 7.05 Å². The summed E-state index contributed by atoms with van der Waals surface area (Å²) in [5.74, 6) is 1.36. The summed E-state index contributed by atoms with van der Waals surface area (Å²) in [6, 6.07) is 6.61. The standard InChI is InChI=1S/C18H25N3/c1-12-9-10-15(11-13(12)2)16-17(20-21(3)18(16)19)14-7-5-4-6-8-14/h9-11,14H,4-8,19H2,1-3H3. The van der Waals surface area contributed by atoms with E-state index in [4.69, 9.17) is 10.8 Å². The molecule has 0 spiro atoms. The first-order valence-corrected chi connectivity index (χ1v) is 7.98. The first-order chi connectivity index (χ1) is 10.1. The number of nitrogens with two attached hydrogens (primary N) is 1. The van der Waals surface area contributed by atoms with Gasteiger partial charge < -0.3 is 5.73 Å². The van der Waals surface area contributed by atoms with E-state index in [1.54, 1.807) is 0 Å². The summed E-state index contributed by atoms with van der Waals surface area (Å²) in [5.41, 5.74) is 12.5. The van der Waals surface area contributed by atoms with Crippen molar-refractivity contribution in [1.29, 1.82) is 0 Å². The number of aryl methyl sites for hydroxylation is 3. The Hall–Kier alpha value is -1.77. The topological polar surface area (TPSA) is 43.8 Å². The largest absolute Gasteiger partial charge is 0.383 e. The Kier molecular flexibility index (Phi) is 3.75. The summed E-state index contributed by atoms with van der Waals surface area (Å²) < 4.78 is 1.84. The van der Waals surface area contributed by atoms with Crippen LogP contribution in [0.15, 0.2) is 18.2 Å². The van der Waals surface area contributed by atoms with Crippen LogP contribution in [0, 0.1) is 13.8 Å². The summed E-state index contributed by atoms with van der Waals surface area (Å²) >= 11 is 0. The fourth-order valence-electron chi connectivity index (χ4n) is 3.41. The monoisotopic (exact) mass is 283 g/mol. The quantitative estimate of drug-likeness (QED) is 0.891. The van der Waals surface area contributed by atoms with Gasteiger partial charge in [0.2, 0.25) is 0 Å². The van der Waals surface area contributed by atoms with Gasteiger partial charge in [0.1, 0.15) is 5.82 Å². The molecule has 0 aliphatic heterocycles. The molecule has 3 nitrogen and oxygen atoms in total.